The van der Waals surface area contributed by atoms with Gasteiger partial charge in [-0.15, -0.1) is 0 Å². The summed E-state index contributed by atoms with van der Waals surface area (Å²) in [4.78, 5) is 9.33. The lowest BCUT2D eigenvalue weighted by Crippen LogP contribution is -1.97. The number of benzene rings is 3. The van der Waals surface area contributed by atoms with E-state index in [1.807, 2.05) is 78.2 Å². The van der Waals surface area contributed by atoms with Crippen molar-refractivity contribution in [3.8, 4) is 34.3 Å². The van der Waals surface area contributed by atoms with Crippen LogP contribution in [0.15, 0.2) is 103 Å². The first-order chi connectivity index (χ1) is 16.7. The molecule has 0 spiro atoms. The van der Waals surface area contributed by atoms with Gasteiger partial charge in [0, 0.05) is 28.6 Å². The smallest absolute Gasteiger partial charge is 0.219 e. The van der Waals surface area contributed by atoms with Gasteiger partial charge < -0.3 is 9.84 Å². The summed E-state index contributed by atoms with van der Waals surface area (Å²) in [5, 5.41) is 12.7. The number of aromatic hydroxyl groups is 1. The standard InChI is InChI=1S/C29H21N3O2/c1-19-16-20(18-21(17-19)34-28-12-6-7-15-30-28)24-14-13-23-22-8-2-3-9-25(22)32(29(23)31-24)26-10-4-5-11-27(26)33/h2-18,33H,1H3. The van der Waals surface area contributed by atoms with Crippen LogP contribution in [0.1, 0.15) is 5.56 Å². The van der Waals surface area contributed by atoms with Crippen LogP contribution in [0.5, 0.6) is 17.4 Å². The number of para-hydroxylation sites is 3. The molecule has 0 amide bonds. The van der Waals surface area contributed by atoms with Crippen molar-refractivity contribution in [2.24, 2.45) is 0 Å². The summed E-state index contributed by atoms with van der Waals surface area (Å²) >= 11 is 0. The van der Waals surface area contributed by atoms with Crippen LogP contribution in [0.25, 0.3) is 38.9 Å². The summed E-state index contributed by atoms with van der Waals surface area (Å²) in [6, 6.07) is 31.3. The fourth-order valence-corrected chi connectivity index (χ4v) is 4.38. The molecule has 164 valence electrons. The molecule has 5 nitrogen and oxygen atoms in total. The summed E-state index contributed by atoms with van der Waals surface area (Å²) in [6.45, 7) is 2.03. The molecule has 0 radical (unpaired) electrons. The second-order valence-corrected chi connectivity index (χ2v) is 8.21. The zero-order chi connectivity index (χ0) is 23.1. The predicted octanol–water partition coefficient (Wildman–Crippen LogP) is 7.05. The van der Waals surface area contributed by atoms with Gasteiger partial charge >= 0.3 is 0 Å². The van der Waals surface area contributed by atoms with Gasteiger partial charge in [0.05, 0.1) is 16.9 Å². The van der Waals surface area contributed by atoms with Crippen molar-refractivity contribution in [3.63, 3.8) is 0 Å². The first-order valence-electron chi connectivity index (χ1n) is 11.1. The topological polar surface area (TPSA) is 60.2 Å². The molecule has 3 aromatic carbocycles. The average molecular weight is 444 g/mol. The van der Waals surface area contributed by atoms with E-state index in [-0.39, 0.29) is 5.75 Å². The lowest BCUT2D eigenvalue weighted by Gasteiger charge is -2.11. The Morgan fingerprint density at radius 1 is 0.794 bits per heavy atom. The normalized spacial score (nSPS) is 11.2. The highest BCUT2D eigenvalue weighted by molar-refractivity contribution is 6.08. The molecule has 0 saturated carbocycles. The van der Waals surface area contributed by atoms with Gasteiger partial charge in [0.1, 0.15) is 17.1 Å². The van der Waals surface area contributed by atoms with E-state index in [9.17, 15) is 5.11 Å². The van der Waals surface area contributed by atoms with Gasteiger partial charge in [-0.05, 0) is 67.1 Å². The van der Waals surface area contributed by atoms with Crippen molar-refractivity contribution < 1.29 is 9.84 Å². The van der Waals surface area contributed by atoms with Crippen LogP contribution < -0.4 is 4.74 Å². The number of nitrogens with zero attached hydrogens (tertiary/aromatic N) is 3. The predicted molar refractivity (Wildman–Crippen MR) is 135 cm³/mol. The minimum atomic E-state index is 0.207. The summed E-state index contributed by atoms with van der Waals surface area (Å²) in [7, 11) is 0. The Labute approximate surface area is 196 Å². The highest BCUT2D eigenvalue weighted by Crippen LogP contribution is 2.36. The van der Waals surface area contributed by atoms with Crippen molar-refractivity contribution in [2.75, 3.05) is 0 Å². The van der Waals surface area contributed by atoms with E-state index in [1.165, 1.54) is 0 Å². The van der Waals surface area contributed by atoms with E-state index < -0.39 is 0 Å². The van der Waals surface area contributed by atoms with Crippen LogP contribution in [0.3, 0.4) is 0 Å². The van der Waals surface area contributed by atoms with Gasteiger partial charge in [-0.25, -0.2) is 9.97 Å². The number of aromatic nitrogens is 3. The summed E-state index contributed by atoms with van der Waals surface area (Å²) < 4.78 is 8.01. The Morgan fingerprint density at radius 2 is 1.62 bits per heavy atom. The number of ether oxygens (including phenoxy) is 1. The maximum absolute atomic E-state index is 10.6. The van der Waals surface area contributed by atoms with Crippen molar-refractivity contribution in [1.29, 1.82) is 0 Å². The number of hydrogen-bond acceptors (Lipinski definition) is 4. The molecule has 0 atom stereocenters. The molecule has 6 rings (SSSR count). The number of aryl methyl sites for hydroxylation is 1. The number of fused-ring (bicyclic) bond motifs is 3. The molecular formula is C29H21N3O2. The SMILES string of the molecule is Cc1cc(Oc2ccccn2)cc(-c2ccc3c4ccccc4n(-c4ccccc4O)c3n2)c1. The third kappa shape index (κ3) is 3.44. The second-order valence-electron chi connectivity index (χ2n) is 8.21. The maximum Gasteiger partial charge on any atom is 0.219 e. The quantitative estimate of drug-likeness (QED) is 0.317. The Bertz CT molecular complexity index is 1660. The summed E-state index contributed by atoms with van der Waals surface area (Å²) in [5.74, 6) is 1.46. The van der Waals surface area contributed by atoms with Crippen LogP contribution >= 0.6 is 0 Å². The third-order valence-corrected chi connectivity index (χ3v) is 5.85. The Hall–Kier alpha value is -4.64. The molecule has 0 aliphatic rings. The lowest BCUT2D eigenvalue weighted by atomic mass is 10.1. The molecule has 3 heterocycles. The Kier molecular flexibility index (Phi) is 4.73. The monoisotopic (exact) mass is 443 g/mol. The lowest BCUT2D eigenvalue weighted by molar-refractivity contribution is 0.463. The molecule has 34 heavy (non-hydrogen) atoms. The van der Waals surface area contributed by atoms with Gasteiger partial charge in [0.15, 0.2) is 0 Å². The van der Waals surface area contributed by atoms with E-state index in [0.717, 1.165) is 38.8 Å². The van der Waals surface area contributed by atoms with Gasteiger partial charge in [-0.2, -0.15) is 0 Å². The highest BCUT2D eigenvalue weighted by atomic mass is 16.5. The third-order valence-electron chi connectivity index (χ3n) is 5.85. The van der Waals surface area contributed by atoms with Crippen molar-refractivity contribution >= 4 is 21.9 Å². The Morgan fingerprint density at radius 3 is 2.47 bits per heavy atom. The first-order valence-corrected chi connectivity index (χ1v) is 11.1. The average Bonchev–Trinajstić information content (AvgIpc) is 3.18. The molecule has 0 unspecified atom stereocenters. The Balaban J connectivity index is 1.54. The molecular weight excluding hydrogens is 422 g/mol. The molecule has 1 N–H and O–H groups in total. The van der Waals surface area contributed by atoms with Crippen LogP contribution in [-0.4, -0.2) is 19.6 Å². The summed E-state index contributed by atoms with van der Waals surface area (Å²) in [5.41, 5.74) is 5.30. The summed E-state index contributed by atoms with van der Waals surface area (Å²) in [6.07, 6.45) is 1.71. The van der Waals surface area contributed by atoms with E-state index in [4.69, 9.17) is 9.72 Å². The molecule has 0 fully saturated rings. The minimum absolute atomic E-state index is 0.207. The number of rotatable bonds is 4. The van der Waals surface area contributed by atoms with Crippen LogP contribution in [-0.2, 0) is 0 Å². The van der Waals surface area contributed by atoms with Gasteiger partial charge in [0.2, 0.25) is 5.88 Å². The number of phenolic OH excluding ortho intramolecular Hbond substituents is 1. The zero-order valence-corrected chi connectivity index (χ0v) is 18.5. The van der Waals surface area contributed by atoms with E-state index >= 15 is 0 Å². The zero-order valence-electron chi connectivity index (χ0n) is 18.5. The molecule has 6 aromatic rings. The van der Waals surface area contributed by atoms with Crippen molar-refractivity contribution in [3.05, 3.63) is 109 Å². The number of hydrogen-bond donors (Lipinski definition) is 1. The second kappa shape index (κ2) is 8.05. The van der Waals surface area contributed by atoms with Crippen molar-refractivity contribution in [2.45, 2.75) is 6.92 Å². The fraction of sp³-hybridized carbons (Fsp3) is 0.0345. The molecule has 0 bridgehead atoms. The number of phenols is 1. The maximum atomic E-state index is 10.6. The molecule has 3 aromatic heterocycles. The van der Waals surface area contributed by atoms with Gasteiger partial charge in [-0.3, -0.25) is 4.57 Å². The molecule has 0 aliphatic carbocycles. The van der Waals surface area contributed by atoms with E-state index in [2.05, 4.69) is 29.2 Å². The largest absolute Gasteiger partial charge is 0.506 e. The van der Waals surface area contributed by atoms with Crippen molar-refractivity contribution in [1.82, 2.24) is 14.5 Å². The van der Waals surface area contributed by atoms with Crippen LogP contribution in [0.4, 0.5) is 0 Å². The van der Waals surface area contributed by atoms with Crippen LogP contribution in [0, 0.1) is 6.92 Å². The highest BCUT2D eigenvalue weighted by Gasteiger charge is 2.16. The van der Waals surface area contributed by atoms with E-state index in [0.29, 0.717) is 17.3 Å². The fourth-order valence-electron chi connectivity index (χ4n) is 4.38. The molecule has 0 saturated heterocycles. The molecule has 5 heteroatoms. The molecule has 0 aliphatic heterocycles. The minimum Gasteiger partial charge on any atom is -0.506 e. The van der Waals surface area contributed by atoms with Crippen LogP contribution in [0.2, 0.25) is 0 Å². The van der Waals surface area contributed by atoms with Gasteiger partial charge in [0.25, 0.3) is 0 Å². The van der Waals surface area contributed by atoms with Gasteiger partial charge in [-0.1, -0.05) is 36.4 Å². The van der Waals surface area contributed by atoms with E-state index in [1.54, 1.807) is 12.3 Å². The first kappa shape index (κ1) is 20.0. The number of pyridine rings is 2.